The minimum Gasteiger partial charge on any atom is -0.465 e. The highest BCUT2D eigenvalue weighted by Gasteiger charge is 2.31. The van der Waals surface area contributed by atoms with Crippen molar-refractivity contribution in [2.24, 2.45) is 11.1 Å². The van der Waals surface area contributed by atoms with Crippen molar-refractivity contribution in [3.63, 3.8) is 0 Å². The van der Waals surface area contributed by atoms with E-state index >= 15 is 0 Å². The number of benzene rings is 2. The lowest BCUT2D eigenvalue weighted by Crippen LogP contribution is -2.50. The van der Waals surface area contributed by atoms with Crippen LogP contribution >= 0.6 is 0 Å². The molecular formula is C28H34N4O6S. The molecule has 0 fully saturated rings. The lowest BCUT2D eigenvalue weighted by atomic mass is 9.99. The summed E-state index contributed by atoms with van der Waals surface area (Å²) in [6.45, 7) is 3.54. The van der Waals surface area contributed by atoms with Crippen LogP contribution in [-0.2, 0) is 22.9 Å². The lowest BCUT2D eigenvalue weighted by Gasteiger charge is -2.30. The van der Waals surface area contributed by atoms with Crippen molar-refractivity contribution in [3.8, 4) is 0 Å². The summed E-state index contributed by atoms with van der Waals surface area (Å²) in [7, 11) is -4.01. The van der Waals surface area contributed by atoms with Gasteiger partial charge >= 0.3 is 6.09 Å². The number of sulfonamides is 1. The highest BCUT2D eigenvalue weighted by Crippen LogP contribution is 2.20. The molecule has 1 aromatic heterocycles. The molecule has 0 spiro atoms. The maximum Gasteiger partial charge on any atom is 0.404 e. The summed E-state index contributed by atoms with van der Waals surface area (Å²) >= 11 is 0. The highest BCUT2D eigenvalue weighted by atomic mass is 32.2. The first-order valence-electron chi connectivity index (χ1n) is 12.5. The maximum absolute atomic E-state index is 13.5. The topological polar surface area (TPSA) is 152 Å². The summed E-state index contributed by atoms with van der Waals surface area (Å²) in [5.41, 5.74) is 3.26. The predicted octanol–water partition coefficient (Wildman–Crippen LogP) is 3.37. The van der Waals surface area contributed by atoms with Crippen LogP contribution in [0, 0.1) is 5.92 Å². The zero-order valence-corrected chi connectivity index (χ0v) is 22.7. The van der Waals surface area contributed by atoms with Crippen molar-refractivity contribution >= 4 is 22.3 Å². The molecule has 39 heavy (non-hydrogen) atoms. The molecule has 0 aliphatic heterocycles. The Morgan fingerprint density at radius 1 is 1.03 bits per heavy atom. The van der Waals surface area contributed by atoms with Crippen molar-refractivity contribution in [2.75, 3.05) is 13.1 Å². The van der Waals surface area contributed by atoms with Gasteiger partial charge in [-0.15, -0.1) is 0 Å². The number of pyridine rings is 1. The number of oxime groups is 1. The molecule has 0 radical (unpaired) electrons. The highest BCUT2D eigenvalue weighted by molar-refractivity contribution is 7.89. The van der Waals surface area contributed by atoms with Gasteiger partial charge in [-0.2, -0.15) is 4.31 Å². The van der Waals surface area contributed by atoms with Gasteiger partial charge < -0.3 is 20.7 Å². The summed E-state index contributed by atoms with van der Waals surface area (Å²) in [5, 5.41) is 34.5. The van der Waals surface area contributed by atoms with E-state index in [4.69, 9.17) is 5.21 Å². The van der Waals surface area contributed by atoms with Crippen LogP contribution in [0.25, 0.3) is 0 Å². The fraction of sp³-hybridized carbons (Fsp3) is 0.321. The second-order valence-electron chi connectivity index (χ2n) is 9.67. The van der Waals surface area contributed by atoms with E-state index in [1.807, 2.05) is 56.3 Å². The molecule has 208 valence electrons. The predicted molar refractivity (Wildman–Crippen MR) is 148 cm³/mol. The first-order valence-corrected chi connectivity index (χ1v) is 14.0. The number of amides is 1. The molecule has 2 aromatic carbocycles. The first-order chi connectivity index (χ1) is 18.6. The summed E-state index contributed by atoms with van der Waals surface area (Å²) in [6, 6.07) is 18.1. The summed E-state index contributed by atoms with van der Waals surface area (Å²) < 4.78 is 28.1. The van der Waals surface area contributed by atoms with Crippen LogP contribution in [0.3, 0.4) is 0 Å². The number of carbonyl (C=O) groups is 1. The van der Waals surface area contributed by atoms with Crippen molar-refractivity contribution in [3.05, 3.63) is 95.3 Å². The Hall–Kier alpha value is -3.80. The second-order valence-corrected chi connectivity index (χ2v) is 11.6. The zero-order chi connectivity index (χ0) is 28.4. The minimum absolute atomic E-state index is 0.0108. The number of aliphatic hydroxyl groups excluding tert-OH is 1. The van der Waals surface area contributed by atoms with E-state index in [0.717, 1.165) is 16.8 Å². The Bertz CT molecular complexity index is 1330. The lowest BCUT2D eigenvalue weighted by molar-refractivity contribution is 0.0980. The smallest absolute Gasteiger partial charge is 0.404 e. The van der Waals surface area contributed by atoms with Crippen LogP contribution in [0.2, 0.25) is 0 Å². The van der Waals surface area contributed by atoms with Gasteiger partial charge in [-0.1, -0.05) is 61.5 Å². The van der Waals surface area contributed by atoms with Gasteiger partial charge in [0.15, 0.2) is 0 Å². The number of nitrogens with zero attached hydrogens (tertiary/aromatic N) is 3. The number of aromatic nitrogens is 1. The van der Waals surface area contributed by atoms with E-state index in [9.17, 15) is 23.4 Å². The number of rotatable bonds is 13. The third-order valence-electron chi connectivity index (χ3n) is 6.05. The quantitative estimate of drug-likeness (QED) is 0.144. The number of aliphatic hydroxyl groups is 1. The Morgan fingerprint density at radius 2 is 1.69 bits per heavy atom. The minimum atomic E-state index is -4.01. The van der Waals surface area contributed by atoms with Crippen LogP contribution in [-0.4, -0.2) is 70.7 Å². The van der Waals surface area contributed by atoms with Gasteiger partial charge in [-0.3, -0.25) is 4.98 Å². The Kier molecular flexibility index (Phi) is 10.6. The van der Waals surface area contributed by atoms with Gasteiger partial charge in [0.05, 0.1) is 23.3 Å². The Morgan fingerprint density at radius 3 is 2.26 bits per heavy atom. The SMILES string of the molecule is CC(C)CN(C[C@@H](O)[C@H](Cc1ccc(Cc2ccccn2)cc1)NC(=O)O)S(=O)(=O)c1ccc(C=NO)cc1. The van der Waals surface area contributed by atoms with Crippen LogP contribution in [0.4, 0.5) is 4.79 Å². The molecule has 4 N–H and O–H groups in total. The molecule has 2 atom stereocenters. The number of hydrogen-bond donors (Lipinski definition) is 4. The van der Waals surface area contributed by atoms with E-state index in [2.05, 4.69) is 15.5 Å². The molecule has 11 heteroatoms. The van der Waals surface area contributed by atoms with Crippen LogP contribution in [0.1, 0.15) is 36.2 Å². The van der Waals surface area contributed by atoms with E-state index in [1.165, 1.54) is 34.8 Å². The van der Waals surface area contributed by atoms with Gasteiger partial charge in [-0.25, -0.2) is 13.2 Å². The average molecular weight is 555 g/mol. The van der Waals surface area contributed by atoms with Crippen molar-refractivity contribution < 1.29 is 28.6 Å². The van der Waals surface area contributed by atoms with E-state index in [0.29, 0.717) is 12.0 Å². The molecule has 3 aromatic rings. The summed E-state index contributed by atoms with van der Waals surface area (Å²) in [6.07, 6.45) is 1.10. The normalized spacial score (nSPS) is 13.6. The third-order valence-corrected chi connectivity index (χ3v) is 7.89. The van der Waals surface area contributed by atoms with Gasteiger partial charge in [0.1, 0.15) is 0 Å². The number of carboxylic acid groups (broad SMARTS) is 1. The van der Waals surface area contributed by atoms with Gasteiger partial charge in [0, 0.05) is 31.4 Å². The van der Waals surface area contributed by atoms with Gasteiger partial charge in [-0.05, 0) is 53.3 Å². The monoisotopic (exact) mass is 554 g/mol. The molecule has 0 saturated heterocycles. The van der Waals surface area contributed by atoms with Gasteiger partial charge in [0.2, 0.25) is 10.0 Å². The molecule has 0 unspecified atom stereocenters. The molecule has 1 amide bonds. The number of hydrogen-bond acceptors (Lipinski definition) is 7. The zero-order valence-electron chi connectivity index (χ0n) is 21.9. The van der Waals surface area contributed by atoms with Crippen LogP contribution < -0.4 is 5.32 Å². The molecule has 0 bridgehead atoms. The molecule has 0 saturated carbocycles. The van der Waals surface area contributed by atoms with E-state index in [-0.39, 0.29) is 30.3 Å². The van der Waals surface area contributed by atoms with Crippen molar-refractivity contribution in [2.45, 2.75) is 43.7 Å². The van der Waals surface area contributed by atoms with E-state index < -0.39 is 28.3 Å². The van der Waals surface area contributed by atoms with Crippen molar-refractivity contribution in [1.29, 1.82) is 0 Å². The molecule has 10 nitrogen and oxygen atoms in total. The van der Waals surface area contributed by atoms with Gasteiger partial charge in [0.25, 0.3) is 0 Å². The van der Waals surface area contributed by atoms with Crippen LogP contribution in [0.15, 0.2) is 83.0 Å². The number of nitrogens with one attached hydrogen (secondary N) is 1. The molecule has 3 rings (SSSR count). The van der Waals surface area contributed by atoms with Crippen LogP contribution in [0.5, 0.6) is 0 Å². The first kappa shape index (κ1) is 29.8. The van der Waals surface area contributed by atoms with E-state index in [1.54, 1.807) is 6.20 Å². The maximum atomic E-state index is 13.5. The second kappa shape index (κ2) is 13.8. The van der Waals surface area contributed by atoms with Crippen molar-refractivity contribution in [1.82, 2.24) is 14.6 Å². The molecule has 0 aliphatic carbocycles. The Balaban J connectivity index is 1.77. The molecular weight excluding hydrogens is 520 g/mol. The summed E-state index contributed by atoms with van der Waals surface area (Å²) in [5.74, 6) is -0.0506. The standard InChI is InChI=1S/C28H34N4O6S/c1-20(2)18-32(39(37,38)25-12-10-23(11-13-25)17-30-36)19-27(33)26(31-28(34)35)16-22-8-6-21(7-9-22)15-24-5-3-4-14-29-24/h3-14,17,20,26-27,31,33,36H,15-16,18-19H2,1-2H3,(H,34,35)/t26-,27+/m0/s1. The fourth-order valence-corrected chi connectivity index (χ4v) is 5.78. The third kappa shape index (κ3) is 8.88. The summed E-state index contributed by atoms with van der Waals surface area (Å²) in [4.78, 5) is 15.9. The molecule has 0 aliphatic rings. The average Bonchev–Trinajstić information content (AvgIpc) is 2.89. The Labute approximate surface area is 228 Å². The largest absolute Gasteiger partial charge is 0.465 e. The molecule has 1 heterocycles. The fourth-order valence-electron chi connectivity index (χ4n) is 4.16.